The van der Waals surface area contributed by atoms with Gasteiger partial charge in [-0.05, 0) is 43.0 Å². The van der Waals surface area contributed by atoms with Crippen LogP contribution in [0.4, 0.5) is 0 Å². The molecule has 2 rings (SSSR count). The summed E-state index contributed by atoms with van der Waals surface area (Å²) in [6.45, 7) is 4.55. The topological polar surface area (TPSA) is 35.5 Å². The van der Waals surface area contributed by atoms with Crippen LogP contribution < -0.4 is 4.74 Å². The Balaban J connectivity index is 2.27. The van der Waals surface area contributed by atoms with E-state index in [2.05, 4.69) is 19.9 Å². The van der Waals surface area contributed by atoms with Crippen molar-refractivity contribution in [3.63, 3.8) is 0 Å². The Kier molecular flexibility index (Phi) is 2.86. The zero-order valence-corrected chi connectivity index (χ0v) is 9.87. The second-order valence-electron chi connectivity index (χ2n) is 4.28. The first kappa shape index (κ1) is 11.0. The second kappa shape index (κ2) is 4.16. The van der Waals surface area contributed by atoms with Gasteiger partial charge in [-0.1, -0.05) is 6.07 Å². The molecule has 0 fully saturated rings. The van der Waals surface area contributed by atoms with E-state index in [0.29, 0.717) is 13.0 Å². The molecule has 86 valence electrons. The van der Waals surface area contributed by atoms with Crippen LogP contribution in [0.5, 0.6) is 5.75 Å². The SMILES string of the molecule is COC(=O)C1COc2cc(C)c(C)cc2C1. The molecular formula is C13H16O3. The van der Waals surface area contributed by atoms with Gasteiger partial charge in [-0.2, -0.15) is 0 Å². The molecule has 0 bridgehead atoms. The van der Waals surface area contributed by atoms with Gasteiger partial charge >= 0.3 is 5.97 Å². The van der Waals surface area contributed by atoms with Crippen LogP contribution in [-0.2, 0) is 16.0 Å². The van der Waals surface area contributed by atoms with Gasteiger partial charge in [0, 0.05) is 0 Å². The zero-order chi connectivity index (χ0) is 11.7. The number of ether oxygens (including phenoxy) is 2. The van der Waals surface area contributed by atoms with Gasteiger partial charge in [-0.15, -0.1) is 0 Å². The third kappa shape index (κ3) is 1.90. The van der Waals surface area contributed by atoms with Crippen molar-refractivity contribution in [3.05, 3.63) is 28.8 Å². The lowest BCUT2D eigenvalue weighted by molar-refractivity contribution is -0.146. The maximum absolute atomic E-state index is 11.4. The summed E-state index contributed by atoms with van der Waals surface area (Å²) in [6, 6.07) is 4.14. The average molecular weight is 220 g/mol. The standard InChI is InChI=1S/C13H16O3/c1-8-4-10-6-11(13(14)15-3)7-16-12(10)5-9(8)2/h4-5,11H,6-7H2,1-3H3. The van der Waals surface area contributed by atoms with Gasteiger partial charge in [0.15, 0.2) is 0 Å². The Morgan fingerprint density at radius 1 is 1.38 bits per heavy atom. The van der Waals surface area contributed by atoms with Crippen molar-refractivity contribution in [3.8, 4) is 5.75 Å². The van der Waals surface area contributed by atoms with Crippen molar-refractivity contribution in [1.82, 2.24) is 0 Å². The molecule has 16 heavy (non-hydrogen) atoms. The summed E-state index contributed by atoms with van der Waals surface area (Å²) in [5.74, 6) is 0.548. The van der Waals surface area contributed by atoms with Crippen LogP contribution in [0, 0.1) is 19.8 Å². The third-order valence-electron chi connectivity index (χ3n) is 3.12. The summed E-state index contributed by atoms with van der Waals surface area (Å²) in [4.78, 5) is 11.4. The largest absolute Gasteiger partial charge is 0.492 e. The molecule has 1 aliphatic rings. The van der Waals surface area contributed by atoms with E-state index in [1.807, 2.05) is 6.07 Å². The summed E-state index contributed by atoms with van der Waals surface area (Å²) in [6.07, 6.45) is 0.711. The molecule has 1 aromatic carbocycles. The van der Waals surface area contributed by atoms with Crippen LogP contribution in [0.1, 0.15) is 16.7 Å². The van der Waals surface area contributed by atoms with Crippen LogP contribution in [0.25, 0.3) is 0 Å². The Morgan fingerprint density at radius 2 is 2.06 bits per heavy atom. The summed E-state index contributed by atoms with van der Waals surface area (Å²) < 4.78 is 10.3. The lowest BCUT2D eigenvalue weighted by Gasteiger charge is -2.24. The normalized spacial score (nSPS) is 18.6. The molecule has 0 radical (unpaired) electrons. The van der Waals surface area contributed by atoms with E-state index in [1.165, 1.54) is 18.2 Å². The Hall–Kier alpha value is -1.51. The molecule has 1 atom stereocenters. The minimum Gasteiger partial charge on any atom is -0.492 e. The number of fused-ring (bicyclic) bond motifs is 1. The first-order valence-electron chi connectivity index (χ1n) is 5.42. The highest BCUT2D eigenvalue weighted by Crippen LogP contribution is 2.30. The van der Waals surface area contributed by atoms with Crippen LogP contribution in [0.3, 0.4) is 0 Å². The van der Waals surface area contributed by atoms with Crippen LogP contribution in [0.2, 0.25) is 0 Å². The molecule has 0 N–H and O–H groups in total. The van der Waals surface area contributed by atoms with Crippen molar-refractivity contribution in [2.45, 2.75) is 20.3 Å². The smallest absolute Gasteiger partial charge is 0.312 e. The van der Waals surface area contributed by atoms with Gasteiger partial charge in [0.2, 0.25) is 0 Å². The number of hydrogen-bond donors (Lipinski definition) is 0. The molecule has 1 aromatic rings. The van der Waals surface area contributed by atoms with E-state index in [9.17, 15) is 4.79 Å². The first-order chi connectivity index (χ1) is 7.61. The molecule has 0 amide bonds. The van der Waals surface area contributed by atoms with E-state index >= 15 is 0 Å². The first-order valence-corrected chi connectivity index (χ1v) is 5.42. The zero-order valence-electron chi connectivity index (χ0n) is 9.87. The molecule has 0 spiro atoms. The van der Waals surface area contributed by atoms with Crippen molar-refractivity contribution >= 4 is 5.97 Å². The van der Waals surface area contributed by atoms with Crippen LogP contribution in [-0.4, -0.2) is 19.7 Å². The van der Waals surface area contributed by atoms with Crippen molar-refractivity contribution < 1.29 is 14.3 Å². The van der Waals surface area contributed by atoms with Gasteiger partial charge < -0.3 is 9.47 Å². The molecule has 3 nitrogen and oxygen atoms in total. The number of esters is 1. The maximum atomic E-state index is 11.4. The maximum Gasteiger partial charge on any atom is 0.312 e. The molecule has 0 saturated heterocycles. The lowest BCUT2D eigenvalue weighted by atomic mass is 9.94. The molecule has 0 aliphatic carbocycles. The number of hydrogen-bond acceptors (Lipinski definition) is 3. The molecule has 1 unspecified atom stereocenters. The van der Waals surface area contributed by atoms with Crippen molar-refractivity contribution in [2.75, 3.05) is 13.7 Å². The number of carbonyl (C=O) groups is 1. The second-order valence-corrected chi connectivity index (χ2v) is 4.28. The van der Waals surface area contributed by atoms with E-state index in [0.717, 1.165) is 11.3 Å². The highest BCUT2D eigenvalue weighted by Gasteiger charge is 2.26. The molecule has 0 saturated carbocycles. The van der Waals surface area contributed by atoms with Gasteiger partial charge in [0.05, 0.1) is 13.0 Å². The number of methoxy groups -OCH3 is 1. The number of benzene rings is 1. The monoisotopic (exact) mass is 220 g/mol. The lowest BCUT2D eigenvalue weighted by Crippen LogP contribution is -2.29. The number of rotatable bonds is 1. The predicted octanol–water partition coefficient (Wildman–Crippen LogP) is 2.03. The fraction of sp³-hybridized carbons (Fsp3) is 0.462. The van der Waals surface area contributed by atoms with E-state index in [4.69, 9.17) is 9.47 Å². The summed E-state index contributed by atoms with van der Waals surface area (Å²) in [7, 11) is 1.41. The Bertz CT molecular complexity index is 423. The highest BCUT2D eigenvalue weighted by molar-refractivity contribution is 5.73. The van der Waals surface area contributed by atoms with Gasteiger partial charge in [-0.3, -0.25) is 4.79 Å². The summed E-state index contributed by atoms with van der Waals surface area (Å²) in [5.41, 5.74) is 3.55. The summed E-state index contributed by atoms with van der Waals surface area (Å²) >= 11 is 0. The fourth-order valence-corrected chi connectivity index (χ4v) is 1.98. The highest BCUT2D eigenvalue weighted by atomic mass is 16.5. The van der Waals surface area contributed by atoms with E-state index < -0.39 is 0 Å². The molecule has 1 heterocycles. The average Bonchev–Trinajstić information content (AvgIpc) is 2.29. The Labute approximate surface area is 95.4 Å². The van der Waals surface area contributed by atoms with Crippen molar-refractivity contribution in [1.29, 1.82) is 0 Å². The third-order valence-corrected chi connectivity index (χ3v) is 3.12. The molecular weight excluding hydrogens is 204 g/mol. The fourth-order valence-electron chi connectivity index (χ4n) is 1.98. The van der Waals surface area contributed by atoms with E-state index in [-0.39, 0.29) is 11.9 Å². The molecule has 3 heteroatoms. The van der Waals surface area contributed by atoms with E-state index in [1.54, 1.807) is 0 Å². The molecule has 1 aliphatic heterocycles. The Morgan fingerprint density at radius 3 is 2.75 bits per heavy atom. The van der Waals surface area contributed by atoms with Crippen LogP contribution in [0.15, 0.2) is 12.1 Å². The predicted molar refractivity (Wildman–Crippen MR) is 60.6 cm³/mol. The van der Waals surface area contributed by atoms with Gasteiger partial charge in [-0.25, -0.2) is 0 Å². The molecule has 0 aromatic heterocycles. The number of aryl methyl sites for hydroxylation is 2. The quantitative estimate of drug-likeness (QED) is 0.679. The van der Waals surface area contributed by atoms with Gasteiger partial charge in [0.1, 0.15) is 12.4 Å². The summed E-state index contributed by atoms with van der Waals surface area (Å²) in [5, 5.41) is 0. The van der Waals surface area contributed by atoms with Crippen LogP contribution >= 0.6 is 0 Å². The number of carbonyl (C=O) groups excluding carboxylic acids is 1. The minimum atomic E-state index is -0.191. The minimum absolute atomic E-state index is 0.167. The van der Waals surface area contributed by atoms with Crippen molar-refractivity contribution in [2.24, 2.45) is 5.92 Å². The van der Waals surface area contributed by atoms with Gasteiger partial charge in [0.25, 0.3) is 0 Å².